The van der Waals surface area contributed by atoms with Gasteiger partial charge in [0.05, 0.1) is 21.7 Å². The summed E-state index contributed by atoms with van der Waals surface area (Å²) in [6.07, 6.45) is 0. The lowest BCUT2D eigenvalue weighted by Crippen LogP contribution is -2.44. The van der Waals surface area contributed by atoms with Crippen LogP contribution >= 0.6 is 23.2 Å². The van der Waals surface area contributed by atoms with E-state index < -0.39 is 6.04 Å². The molecule has 1 aliphatic heterocycles. The number of piperazine rings is 1. The van der Waals surface area contributed by atoms with Crippen LogP contribution in [0.4, 0.5) is 0 Å². The van der Waals surface area contributed by atoms with E-state index in [9.17, 15) is 4.79 Å². The van der Waals surface area contributed by atoms with Crippen LogP contribution in [0.15, 0.2) is 22.7 Å². The first kappa shape index (κ1) is 18.1. The van der Waals surface area contributed by atoms with Gasteiger partial charge in [-0.15, -0.1) is 0 Å². The van der Waals surface area contributed by atoms with Crippen molar-refractivity contribution in [3.63, 3.8) is 0 Å². The molecule has 25 heavy (non-hydrogen) atoms. The Hall–Kier alpha value is -1.67. The minimum atomic E-state index is -0.453. The first-order valence-corrected chi connectivity index (χ1v) is 8.72. The third kappa shape index (κ3) is 3.95. The van der Waals surface area contributed by atoms with Crippen molar-refractivity contribution in [3.05, 3.63) is 45.5 Å². The molecule has 2 atom stereocenters. The predicted octanol–water partition coefficient (Wildman–Crippen LogP) is 2.44. The van der Waals surface area contributed by atoms with Crippen LogP contribution in [0.2, 0.25) is 10.0 Å². The van der Waals surface area contributed by atoms with Gasteiger partial charge in [-0.3, -0.25) is 9.69 Å². The summed E-state index contributed by atoms with van der Waals surface area (Å²) in [6.45, 7) is 4.38. The summed E-state index contributed by atoms with van der Waals surface area (Å²) in [6, 6.07) is 4.51. The molecule has 1 aromatic carbocycles. The zero-order chi connectivity index (χ0) is 18.0. The second-order valence-corrected chi connectivity index (χ2v) is 6.77. The Kier molecular flexibility index (Phi) is 5.58. The minimum Gasteiger partial charge on any atom is -0.340 e. The number of benzene rings is 1. The summed E-state index contributed by atoms with van der Waals surface area (Å²) in [7, 11) is 2.02. The molecule has 2 aromatic rings. The van der Waals surface area contributed by atoms with Gasteiger partial charge in [0, 0.05) is 19.6 Å². The molecule has 2 N–H and O–H groups in total. The number of carbonyl (C=O) groups is 1. The number of likely N-dealkylation sites (N-methyl/N-ethyl adjacent to an activating group) is 1. The van der Waals surface area contributed by atoms with E-state index in [1.807, 2.05) is 7.05 Å². The van der Waals surface area contributed by atoms with Crippen molar-refractivity contribution in [2.75, 3.05) is 26.7 Å². The summed E-state index contributed by atoms with van der Waals surface area (Å²) in [5, 5.41) is 10.7. The zero-order valence-corrected chi connectivity index (χ0v) is 15.4. The third-order valence-corrected chi connectivity index (χ3v) is 5.00. The standard InChI is InChI=1S/C16H19Cl2N5O2/c1-9(20-15(24)10-4-3-5-11(17)13(10)18)16-21-14(22-25-16)12-8-19-6-7-23(12)2/h3-5,9,12,19H,6-8H2,1-2H3,(H,20,24). The largest absolute Gasteiger partial charge is 0.340 e. The van der Waals surface area contributed by atoms with Crippen molar-refractivity contribution in [2.45, 2.75) is 19.0 Å². The van der Waals surface area contributed by atoms with Gasteiger partial charge in [-0.25, -0.2) is 0 Å². The molecule has 134 valence electrons. The lowest BCUT2D eigenvalue weighted by Gasteiger charge is -2.30. The maximum atomic E-state index is 12.4. The molecular weight excluding hydrogens is 365 g/mol. The van der Waals surface area contributed by atoms with Gasteiger partial charge in [0.1, 0.15) is 6.04 Å². The van der Waals surface area contributed by atoms with Crippen LogP contribution in [0.1, 0.15) is 41.1 Å². The fraction of sp³-hybridized carbons (Fsp3) is 0.438. The van der Waals surface area contributed by atoms with Crippen LogP contribution in [0.25, 0.3) is 0 Å². The maximum absolute atomic E-state index is 12.4. The molecule has 0 aliphatic carbocycles. The van der Waals surface area contributed by atoms with Crippen molar-refractivity contribution in [3.8, 4) is 0 Å². The number of hydrogen-bond donors (Lipinski definition) is 2. The second-order valence-electron chi connectivity index (χ2n) is 5.99. The van der Waals surface area contributed by atoms with Crippen LogP contribution in [-0.4, -0.2) is 47.6 Å². The highest BCUT2D eigenvalue weighted by Crippen LogP contribution is 2.26. The molecule has 0 bridgehead atoms. The molecule has 0 radical (unpaired) electrons. The Labute approximate surface area is 155 Å². The Morgan fingerprint density at radius 3 is 3.04 bits per heavy atom. The molecule has 0 saturated carbocycles. The van der Waals surface area contributed by atoms with Crippen LogP contribution in [0, 0.1) is 0 Å². The first-order chi connectivity index (χ1) is 12.0. The number of aromatic nitrogens is 2. The molecule has 9 heteroatoms. The van der Waals surface area contributed by atoms with E-state index in [2.05, 4.69) is 25.7 Å². The molecule has 7 nitrogen and oxygen atoms in total. The van der Waals surface area contributed by atoms with E-state index in [1.165, 1.54) is 0 Å². The Morgan fingerprint density at radius 1 is 1.48 bits per heavy atom. The topological polar surface area (TPSA) is 83.3 Å². The number of nitrogens with one attached hydrogen (secondary N) is 2. The highest BCUT2D eigenvalue weighted by atomic mass is 35.5. The van der Waals surface area contributed by atoms with E-state index >= 15 is 0 Å². The quantitative estimate of drug-likeness (QED) is 0.843. The number of amides is 1. The number of nitrogens with zero attached hydrogens (tertiary/aromatic N) is 3. The molecule has 1 saturated heterocycles. The van der Waals surface area contributed by atoms with Gasteiger partial charge in [-0.1, -0.05) is 34.4 Å². The zero-order valence-electron chi connectivity index (χ0n) is 13.9. The van der Waals surface area contributed by atoms with E-state index in [4.69, 9.17) is 27.7 Å². The van der Waals surface area contributed by atoms with E-state index in [0.29, 0.717) is 22.3 Å². The molecule has 1 fully saturated rings. The van der Waals surface area contributed by atoms with E-state index in [1.54, 1.807) is 25.1 Å². The Balaban J connectivity index is 1.70. The minimum absolute atomic E-state index is 0.0523. The number of hydrogen-bond acceptors (Lipinski definition) is 6. The van der Waals surface area contributed by atoms with E-state index in [-0.39, 0.29) is 17.0 Å². The predicted molar refractivity (Wildman–Crippen MR) is 94.9 cm³/mol. The molecule has 1 aliphatic rings. The monoisotopic (exact) mass is 383 g/mol. The van der Waals surface area contributed by atoms with Crippen LogP contribution in [0.5, 0.6) is 0 Å². The fourth-order valence-electron chi connectivity index (χ4n) is 2.67. The molecule has 1 amide bonds. The van der Waals surface area contributed by atoms with Crippen LogP contribution in [0.3, 0.4) is 0 Å². The summed E-state index contributed by atoms with van der Waals surface area (Å²) >= 11 is 12.0. The van der Waals surface area contributed by atoms with Crippen molar-refractivity contribution < 1.29 is 9.32 Å². The summed E-state index contributed by atoms with van der Waals surface area (Å²) < 4.78 is 5.33. The van der Waals surface area contributed by atoms with Crippen molar-refractivity contribution in [1.29, 1.82) is 0 Å². The molecule has 2 unspecified atom stereocenters. The average molecular weight is 384 g/mol. The SMILES string of the molecule is CC(NC(=O)c1cccc(Cl)c1Cl)c1nc(C2CNCCN2C)no1. The molecular formula is C16H19Cl2N5O2. The van der Waals surface area contributed by atoms with Gasteiger partial charge in [0.25, 0.3) is 5.91 Å². The van der Waals surface area contributed by atoms with Gasteiger partial charge in [-0.05, 0) is 26.1 Å². The van der Waals surface area contributed by atoms with Crippen molar-refractivity contribution in [2.24, 2.45) is 0 Å². The van der Waals surface area contributed by atoms with Gasteiger partial charge in [-0.2, -0.15) is 4.98 Å². The lowest BCUT2D eigenvalue weighted by atomic mass is 10.2. The number of halogens is 2. The average Bonchev–Trinajstić information content (AvgIpc) is 3.07. The van der Waals surface area contributed by atoms with E-state index in [0.717, 1.165) is 19.6 Å². The van der Waals surface area contributed by atoms with Crippen molar-refractivity contribution >= 4 is 29.1 Å². The van der Waals surface area contributed by atoms with Crippen LogP contribution in [-0.2, 0) is 0 Å². The maximum Gasteiger partial charge on any atom is 0.253 e. The van der Waals surface area contributed by atoms with Gasteiger partial charge < -0.3 is 15.2 Å². The fourth-order valence-corrected chi connectivity index (χ4v) is 3.05. The normalized spacial score (nSPS) is 19.6. The number of rotatable bonds is 4. The van der Waals surface area contributed by atoms with Crippen molar-refractivity contribution in [1.82, 2.24) is 25.7 Å². The Morgan fingerprint density at radius 2 is 2.28 bits per heavy atom. The Bertz CT molecular complexity index is 767. The molecule has 2 heterocycles. The summed E-state index contributed by atoms with van der Waals surface area (Å²) in [5.41, 5.74) is 0.303. The highest BCUT2D eigenvalue weighted by Gasteiger charge is 2.27. The van der Waals surface area contributed by atoms with Gasteiger partial charge >= 0.3 is 0 Å². The molecule has 0 spiro atoms. The summed E-state index contributed by atoms with van der Waals surface area (Å²) in [4.78, 5) is 19.0. The van der Waals surface area contributed by atoms with Crippen LogP contribution < -0.4 is 10.6 Å². The third-order valence-electron chi connectivity index (χ3n) is 4.18. The van der Waals surface area contributed by atoms with Gasteiger partial charge in [0.15, 0.2) is 5.82 Å². The first-order valence-electron chi connectivity index (χ1n) is 7.96. The second kappa shape index (κ2) is 7.70. The number of carbonyl (C=O) groups excluding carboxylic acids is 1. The molecule has 1 aromatic heterocycles. The van der Waals surface area contributed by atoms with Gasteiger partial charge in [0.2, 0.25) is 5.89 Å². The molecule has 3 rings (SSSR count). The lowest BCUT2D eigenvalue weighted by molar-refractivity contribution is 0.0932. The summed E-state index contributed by atoms with van der Waals surface area (Å²) in [5.74, 6) is 0.600. The smallest absolute Gasteiger partial charge is 0.253 e. The highest BCUT2D eigenvalue weighted by molar-refractivity contribution is 6.43.